The Balaban J connectivity index is 2.66. The van der Waals surface area contributed by atoms with Gasteiger partial charge in [-0.1, -0.05) is 20.3 Å². The number of hydrogen-bond donors (Lipinski definition) is 3. The van der Waals surface area contributed by atoms with Gasteiger partial charge in [0.05, 0.1) is 5.54 Å². The van der Waals surface area contributed by atoms with E-state index in [0.717, 1.165) is 12.8 Å². The van der Waals surface area contributed by atoms with Gasteiger partial charge >= 0.3 is 5.97 Å². The van der Waals surface area contributed by atoms with E-state index in [1.54, 1.807) is 6.92 Å². The van der Waals surface area contributed by atoms with Crippen molar-refractivity contribution >= 4 is 11.9 Å². The van der Waals surface area contributed by atoms with E-state index in [9.17, 15) is 9.59 Å². The summed E-state index contributed by atoms with van der Waals surface area (Å²) in [7, 11) is 0. The second-order valence-electron chi connectivity index (χ2n) is 5.23. The van der Waals surface area contributed by atoms with Crippen LogP contribution in [-0.4, -0.2) is 28.6 Å². The fourth-order valence-corrected chi connectivity index (χ4v) is 1.85. The zero-order chi connectivity index (χ0) is 13.2. The quantitative estimate of drug-likeness (QED) is 0.640. The van der Waals surface area contributed by atoms with Gasteiger partial charge in [0, 0.05) is 0 Å². The molecule has 0 heterocycles. The molecule has 0 spiro atoms. The molecule has 3 atom stereocenters. The monoisotopic (exact) mass is 242 g/mol. The van der Waals surface area contributed by atoms with Gasteiger partial charge in [0.1, 0.15) is 6.04 Å². The molecule has 1 amide bonds. The summed E-state index contributed by atoms with van der Waals surface area (Å²) < 4.78 is 0. The van der Waals surface area contributed by atoms with Crippen molar-refractivity contribution < 1.29 is 14.7 Å². The summed E-state index contributed by atoms with van der Waals surface area (Å²) in [5.74, 6) is -1.27. The fourth-order valence-electron chi connectivity index (χ4n) is 1.85. The lowest BCUT2D eigenvalue weighted by Crippen LogP contribution is -2.58. The van der Waals surface area contributed by atoms with Crippen molar-refractivity contribution in [1.82, 2.24) is 5.32 Å². The third-order valence-corrected chi connectivity index (χ3v) is 3.68. The SMILES string of the molecule is CC[C@H](C)[C@H](NC(=O)C(C)(N)C1CC1)C(=O)O. The number of nitrogens with one attached hydrogen (secondary N) is 1. The van der Waals surface area contributed by atoms with Crippen molar-refractivity contribution in [3.8, 4) is 0 Å². The number of aliphatic carboxylic acids is 1. The van der Waals surface area contributed by atoms with Crippen LogP contribution < -0.4 is 11.1 Å². The molecule has 0 aromatic heterocycles. The van der Waals surface area contributed by atoms with Crippen molar-refractivity contribution in [3.05, 3.63) is 0 Å². The number of amides is 1. The smallest absolute Gasteiger partial charge is 0.326 e. The van der Waals surface area contributed by atoms with Gasteiger partial charge in [-0.05, 0) is 31.6 Å². The van der Waals surface area contributed by atoms with Crippen LogP contribution in [0.15, 0.2) is 0 Å². The van der Waals surface area contributed by atoms with Crippen LogP contribution in [0.4, 0.5) is 0 Å². The Labute approximate surface area is 102 Å². The van der Waals surface area contributed by atoms with Crippen LogP contribution in [0.2, 0.25) is 0 Å². The summed E-state index contributed by atoms with van der Waals surface area (Å²) in [6.45, 7) is 5.38. The van der Waals surface area contributed by atoms with E-state index in [4.69, 9.17) is 10.8 Å². The molecule has 4 N–H and O–H groups in total. The Bertz CT molecular complexity index is 311. The molecule has 1 aliphatic rings. The molecule has 0 aromatic rings. The number of nitrogens with two attached hydrogens (primary N) is 1. The van der Waals surface area contributed by atoms with Crippen LogP contribution in [0.3, 0.4) is 0 Å². The minimum Gasteiger partial charge on any atom is -0.480 e. The van der Waals surface area contributed by atoms with Gasteiger partial charge in [-0.2, -0.15) is 0 Å². The molecule has 1 rings (SSSR count). The topological polar surface area (TPSA) is 92.4 Å². The number of carboxylic acids is 1. The zero-order valence-corrected chi connectivity index (χ0v) is 10.7. The van der Waals surface area contributed by atoms with Crippen LogP contribution in [-0.2, 0) is 9.59 Å². The van der Waals surface area contributed by atoms with Gasteiger partial charge < -0.3 is 16.2 Å². The first-order valence-electron chi connectivity index (χ1n) is 6.13. The van der Waals surface area contributed by atoms with Crippen molar-refractivity contribution in [2.45, 2.75) is 51.6 Å². The summed E-state index contributed by atoms with van der Waals surface area (Å²) in [4.78, 5) is 23.1. The zero-order valence-electron chi connectivity index (χ0n) is 10.7. The normalized spacial score (nSPS) is 22.4. The molecule has 17 heavy (non-hydrogen) atoms. The molecule has 5 nitrogen and oxygen atoms in total. The molecule has 1 fully saturated rings. The standard InChI is InChI=1S/C12H22N2O3/c1-4-7(2)9(10(15)16)14-11(17)12(3,13)8-5-6-8/h7-9H,4-6,13H2,1-3H3,(H,14,17)(H,15,16)/t7-,9-,12?/m0/s1. The second kappa shape index (κ2) is 5.04. The van der Waals surface area contributed by atoms with Gasteiger partial charge in [-0.25, -0.2) is 4.79 Å². The van der Waals surface area contributed by atoms with E-state index in [0.29, 0.717) is 6.42 Å². The van der Waals surface area contributed by atoms with Crippen molar-refractivity contribution in [3.63, 3.8) is 0 Å². The average molecular weight is 242 g/mol. The van der Waals surface area contributed by atoms with E-state index in [1.165, 1.54) is 0 Å². The molecule has 1 saturated carbocycles. The lowest BCUT2D eigenvalue weighted by molar-refractivity contribution is -0.144. The van der Waals surface area contributed by atoms with Crippen molar-refractivity contribution in [1.29, 1.82) is 0 Å². The first kappa shape index (κ1) is 14.0. The van der Waals surface area contributed by atoms with Crippen molar-refractivity contribution in [2.24, 2.45) is 17.6 Å². The van der Waals surface area contributed by atoms with Gasteiger partial charge in [0.15, 0.2) is 0 Å². The summed E-state index contributed by atoms with van der Waals surface area (Å²) in [5, 5.41) is 11.7. The number of carbonyl (C=O) groups is 2. The number of hydrogen-bond acceptors (Lipinski definition) is 3. The molecule has 5 heteroatoms. The third-order valence-electron chi connectivity index (χ3n) is 3.68. The molecule has 1 aliphatic carbocycles. The summed E-state index contributed by atoms with van der Waals surface area (Å²) in [5.41, 5.74) is 5.01. The Kier molecular flexibility index (Phi) is 4.14. The largest absolute Gasteiger partial charge is 0.480 e. The van der Waals surface area contributed by atoms with Crippen LogP contribution in [0.5, 0.6) is 0 Å². The van der Waals surface area contributed by atoms with E-state index in [1.807, 2.05) is 13.8 Å². The molecule has 1 unspecified atom stereocenters. The molecule has 98 valence electrons. The van der Waals surface area contributed by atoms with Crippen LogP contribution in [0.1, 0.15) is 40.0 Å². The lowest BCUT2D eigenvalue weighted by Gasteiger charge is -2.27. The Morgan fingerprint density at radius 1 is 1.53 bits per heavy atom. The Morgan fingerprint density at radius 3 is 2.41 bits per heavy atom. The minimum absolute atomic E-state index is 0.105. The summed E-state index contributed by atoms with van der Waals surface area (Å²) >= 11 is 0. The van der Waals surface area contributed by atoms with Crippen LogP contribution in [0.25, 0.3) is 0 Å². The number of carbonyl (C=O) groups excluding carboxylic acids is 1. The van der Waals surface area contributed by atoms with Gasteiger partial charge in [-0.3, -0.25) is 4.79 Å². The maximum atomic E-state index is 12.0. The molecule has 0 bridgehead atoms. The number of rotatable bonds is 6. The number of carboxylic acid groups (broad SMARTS) is 1. The predicted octanol–water partition coefficient (Wildman–Crippen LogP) is 0.729. The fraction of sp³-hybridized carbons (Fsp3) is 0.833. The van der Waals surface area contributed by atoms with E-state index >= 15 is 0 Å². The maximum Gasteiger partial charge on any atom is 0.326 e. The molecular weight excluding hydrogens is 220 g/mol. The highest BCUT2D eigenvalue weighted by atomic mass is 16.4. The highest BCUT2D eigenvalue weighted by Crippen LogP contribution is 2.38. The van der Waals surface area contributed by atoms with E-state index < -0.39 is 17.6 Å². The molecule has 0 aliphatic heterocycles. The van der Waals surface area contributed by atoms with Gasteiger partial charge in [-0.15, -0.1) is 0 Å². The highest BCUT2D eigenvalue weighted by Gasteiger charge is 2.45. The first-order valence-corrected chi connectivity index (χ1v) is 6.13. The molecule has 0 saturated heterocycles. The average Bonchev–Trinajstić information content (AvgIpc) is 3.07. The highest BCUT2D eigenvalue weighted by molar-refractivity contribution is 5.90. The maximum absolute atomic E-state index is 12.0. The molecule has 0 radical (unpaired) electrons. The minimum atomic E-state index is -1.00. The van der Waals surface area contributed by atoms with Gasteiger partial charge in [0.25, 0.3) is 0 Å². The Morgan fingerprint density at radius 2 is 2.06 bits per heavy atom. The summed E-state index contributed by atoms with van der Waals surface area (Å²) in [6.07, 6.45) is 2.59. The third kappa shape index (κ3) is 3.19. The lowest BCUT2D eigenvalue weighted by atomic mass is 9.93. The van der Waals surface area contributed by atoms with Crippen molar-refractivity contribution in [2.75, 3.05) is 0 Å². The Hall–Kier alpha value is -1.10. The summed E-state index contributed by atoms with van der Waals surface area (Å²) in [6, 6.07) is -0.853. The van der Waals surface area contributed by atoms with E-state index in [2.05, 4.69) is 5.32 Å². The molecular formula is C12H22N2O3. The second-order valence-corrected chi connectivity index (χ2v) is 5.23. The van der Waals surface area contributed by atoms with E-state index in [-0.39, 0.29) is 17.7 Å². The van der Waals surface area contributed by atoms with Crippen LogP contribution >= 0.6 is 0 Å². The first-order chi connectivity index (χ1) is 7.80. The molecule has 0 aromatic carbocycles. The van der Waals surface area contributed by atoms with Crippen LogP contribution in [0, 0.1) is 11.8 Å². The predicted molar refractivity (Wildman–Crippen MR) is 64.3 cm³/mol. The van der Waals surface area contributed by atoms with Gasteiger partial charge in [0.2, 0.25) is 5.91 Å².